The minimum atomic E-state index is 0.0381. The fraction of sp³-hybridized carbons (Fsp3) is 0.100. The Morgan fingerprint density at radius 1 is 1.29 bits per heavy atom. The summed E-state index contributed by atoms with van der Waals surface area (Å²) < 4.78 is 1.60. The van der Waals surface area contributed by atoms with E-state index in [2.05, 4.69) is 10.1 Å². The number of carbonyl (C=O) groups excluding carboxylic acids is 1. The minimum Gasteiger partial charge on any atom is -0.292 e. The van der Waals surface area contributed by atoms with Crippen molar-refractivity contribution in [3.05, 3.63) is 48.5 Å². The maximum atomic E-state index is 11.6. The Balaban J connectivity index is 2.11. The average Bonchev–Trinajstić information content (AvgIpc) is 2.72. The van der Waals surface area contributed by atoms with Crippen LogP contribution in [0.3, 0.4) is 0 Å². The van der Waals surface area contributed by atoms with Crippen LogP contribution < -0.4 is 0 Å². The first-order chi connectivity index (χ1) is 6.86. The molecular weight excluding hydrogens is 178 g/mol. The van der Waals surface area contributed by atoms with Crippen LogP contribution in [0.4, 0.5) is 0 Å². The van der Waals surface area contributed by atoms with Crippen LogP contribution in [0, 0.1) is 0 Å². The van der Waals surface area contributed by atoms with E-state index in [-0.39, 0.29) is 12.3 Å². The van der Waals surface area contributed by atoms with Gasteiger partial charge in [0, 0.05) is 30.4 Å². The van der Waals surface area contributed by atoms with E-state index >= 15 is 0 Å². The third-order valence-electron chi connectivity index (χ3n) is 1.87. The highest BCUT2D eigenvalue weighted by atomic mass is 16.1. The summed E-state index contributed by atoms with van der Waals surface area (Å²) in [5, 5.41) is 3.96. The van der Waals surface area contributed by atoms with Crippen molar-refractivity contribution < 1.29 is 4.79 Å². The van der Waals surface area contributed by atoms with Gasteiger partial charge in [-0.3, -0.25) is 14.5 Å². The molecule has 0 fully saturated rings. The Morgan fingerprint density at radius 3 is 2.71 bits per heavy atom. The molecule has 0 spiro atoms. The Bertz CT molecular complexity index is 408. The number of carbonyl (C=O) groups is 1. The van der Waals surface area contributed by atoms with Crippen LogP contribution >= 0.6 is 0 Å². The molecule has 0 saturated heterocycles. The van der Waals surface area contributed by atoms with Gasteiger partial charge in [0.1, 0.15) is 6.54 Å². The summed E-state index contributed by atoms with van der Waals surface area (Å²) in [6.07, 6.45) is 6.63. The predicted molar refractivity (Wildman–Crippen MR) is 50.8 cm³/mol. The smallest absolute Gasteiger partial charge is 0.184 e. The maximum Gasteiger partial charge on any atom is 0.184 e. The maximum absolute atomic E-state index is 11.6. The molecule has 0 N–H and O–H groups in total. The molecule has 0 radical (unpaired) electrons. The number of pyridine rings is 1. The van der Waals surface area contributed by atoms with Crippen molar-refractivity contribution in [2.45, 2.75) is 6.54 Å². The second-order valence-corrected chi connectivity index (χ2v) is 2.86. The normalized spacial score (nSPS) is 10.0. The van der Waals surface area contributed by atoms with Gasteiger partial charge in [-0.15, -0.1) is 0 Å². The monoisotopic (exact) mass is 187 g/mol. The van der Waals surface area contributed by atoms with Gasteiger partial charge in [0.05, 0.1) is 0 Å². The second kappa shape index (κ2) is 3.83. The molecule has 14 heavy (non-hydrogen) atoms. The number of aromatic nitrogens is 3. The van der Waals surface area contributed by atoms with Crippen molar-refractivity contribution in [3.8, 4) is 0 Å². The van der Waals surface area contributed by atoms with Crippen molar-refractivity contribution in [1.82, 2.24) is 14.8 Å². The molecule has 0 aliphatic rings. The zero-order valence-corrected chi connectivity index (χ0v) is 7.50. The fourth-order valence-corrected chi connectivity index (χ4v) is 1.17. The van der Waals surface area contributed by atoms with Crippen LogP contribution in [0.2, 0.25) is 0 Å². The first-order valence-corrected chi connectivity index (χ1v) is 4.27. The Hall–Kier alpha value is -1.97. The number of Topliss-reactive ketones (excluding diaryl/α,β-unsaturated/α-hetero) is 1. The van der Waals surface area contributed by atoms with Crippen LogP contribution in [0.1, 0.15) is 10.4 Å². The summed E-state index contributed by atoms with van der Waals surface area (Å²) in [6, 6.07) is 5.19. The number of rotatable bonds is 3. The van der Waals surface area contributed by atoms with Crippen molar-refractivity contribution in [2.75, 3.05) is 0 Å². The van der Waals surface area contributed by atoms with Crippen molar-refractivity contribution >= 4 is 5.78 Å². The molecule has 4 heteroatoms. The van der Waals surface area contributed by atoms with E-state index in [0.717, 1.165) is 0 Å². The zero-order chi connectivity index (χ0) is 9.80. The molecule has 2 aromatic heterocycles. The number of hydrogen-bond acceptors (Lipinski definition) is 3. The van der Waals surface area contributed by atoms with Gasteiger partial charge in [-0.2, -0.15) is 5.10 Å². The fourth-order valence-electron chi connectivity index (χ4n) is 1.17. The van der Waals surface area contributed by atoms with Gasteiger partial charge in [-0.05, 0) is 18.2 Å². The van der Waals surface area contributed by atoms with Crippen LogP contribution in [0.25, 0.3) is 0 Å². The lowest BCUT2D eigenvalue weighted by Crippen LogP contribution is -2.10. The van der Waals surface area contributed by atoms with E-state index in [9.17, 15) is 4.79 Å². The molecule has 0 aliphatic carbocycles. The van der Waals surface area contributed by atoms with Gasteiger partial charge in [0.2, 0.25) is 0 Å². The molecule has 0 aromatic carbocycles. The van der Waals surface area contributed by atoms with Crippen LogP contribution in [0.5, 0.6) is 0 Å². The predicted octanol–water partition coefficient (Wildman–Crippen LogP) is 1.16. The van der Waals surface area contributed by atoms with E-state index in [1.807, 2.05) is 0 Å². The number of hydrogen-bond donors (Lipinski definition) is 0. The Morgan fingerprint density at radius 2 is 2.07 bits per heavy atom. The zero-order valence-electron chi connectivity index (χ0n) is 7.50. The van der Waals surface area contributed by atoms with Crippen LogP contribution in [0.15, 0.2) is 43.0 Å². The highest BCUT2D eigenvalue weighted by molar-refractivity contribution is 5.95. The summed E-state index contributed by atoms with van der Waals surface area (Å²) >= 11 is 0. The summed E-state index contributed by atoms with van der Waals surface area (Å²) in [5.74, 6) is 0.0381. The summed E-state index contributed by atoms with van der Waals surface area (Å²) in [5.41, 5.74) is 0.663. The van der Waals surface area contributed by atoms with Gasteiger partial charge in [-0.25, -0.2) is 0 Å². The average molecular weight is 187 g/mol. The topological polar surface area (TPSA) is 47.8 Å². The number of ketones is 1. The molecular formula is C10H9N3O. The summed E-state index contributed by atoms with van der Waals surface area (Å²) in [7, 11) is 0. The van der Waals surface area contributed by atoms with Crippen molar-refractivity contribution in [1.29, 1.82) is 0 Å². The van der Waals surface area contributed by atoms with E-state index in [1.165, 1.54) is 0 Å². The lowest BCUT2D eigenvalue weighted by Gasteiger charge is -2.00. The lowest BCUT2D eigenvalue weighted by atomic mass is 10.2. The third kappa shape index (κ3) is 1.85. The van der Waals surface area contributed by atoms with Crippen LogP contribution in [-0.4, -0.2) is 20.5 Å². The highest BCUT2D eigenvalue weighted by Crippen LogP contribution is 1.99. The largest absolute Gasteiger partial charge is 0.292 e. The molecule has 0 bridgehead atoms. The lowest BCUT2D eigenvalue weighted by molar-refractivity contribution is 0.0967. The van der Waals surface area contributed by atoms with Crippen molar-refractivity contribution in [2.24, 2.45) is 0 Å². The first kappa shape index (κ1) is 8.62. The minimum absolute atomic E-state index is 0.0381. The molecule has 2 heterocycles. The quantitative estimate of drug-likeness (QED) is 0.677. The first-order valence-electron chi connectivity index (χ1n) is 4.27. The highest BCUT2D eigenvalue weighted by Gasteiger charge is 2.05. The third-order valence-corrected chi connectivity index (χ3v) is 1.87. The molecule has 70 valence electrons. The molecule has 0 aliphatic heterocycles. The molecule has 0 amide bonds. The van der Waals surface area contributed by atoms with Crippen molar-refractivity contribution in [3.63, 3.8) is 0 Å². The van der Waals surface area contributed by atoms with E-state index in [0.29, 0.717) is 5.56 Å². The molecule has 2 aromatic rings. The Kier molecular flexibility index (Phi) is 2.36. The SMILES string of the molecule is O=C(Cn1cccn1)c1ccncc1. The van der Waals surface area contributed by atoms with E-state index in [1.54, 1.807) is 47.7 Å². The molecule has 0 saturated carbocycles. The van der Waals surface area contributed by atoms with Gasteiger partial charge < -0.3 is 0 Å². The van der Waals surface area contributed by atoms with Gasteiger partial charge in [0.25, 0.3) is 0 Å². The Labute approximate surface area is 81.2 Å². The van der Waals surface area contributed by atoms with Crippen LogP contribution in [-0.2, 0) is 6.54 Å². The van der Waals surface area contributed by atoms with Gasteiger partial charge >= 0.3 is 0 Å². The van der Waals surface area contributed by atoms with Gasteiger partial charge in [-0.1, -0.05) is 0 Å². The molecule has 2 rings (SSSR count). The molecule has 0 atom stereocenters. The molecule has 0 unspecified atom stereocenters. The summed E-state index contributed by atoms with van der Waals surface area (Å²) in [4.78, 5) is 15.5. The standard InChI is InChI=1S/C10H9N3O/c14-10(8-13-7-1-4-12-13)9-2-5-11-6-3-9/h1-7H,8H2. The summed E-state index contributed by atoms with van der Waals surface area (Å²) in [6.45, 7) is 0.275. The van der Waals surface area contributed by atoms with E-state index in [4.69, 9.17) is 0 Å². The second-order valence-electron chi connectivity index (χ2n) is 2.86. The number of nitrogens with zero attached hydrogens (tertiary/aromatic N) is 3. The van der Waals surface area contributed by atoms with Gasteiger partial charge in [0.15, 0.2) is 5.78 Å². The van der Waals surface area contributed by atoms with E-state index < -0.39 is 0 Å². The molecule has 4 nitrogen and oxygen atoms in total.